The number of rotatable bonds is 4. The fourth-order valence-electron chi connectivity index (χ4n) is 3.57. The van der Waals surface area contributed by atoms with Crippen LogP contribution < -0.4 is 5.73 Å². The number of likely N-dealkylation sites (tertiary alicyclic amines) is 1. The molecule has 1 atom stereocenters. The van der Waals surface area contributed by atoms with Gasteiger partial charge < -0.3 is 10.6 Å². The van der Waals surface area contributed by atoms with E-state index in [4.69, 9.17) is 5.73 Å². The predicted octanol–water partition coefficient (Wildman–Crippen LogP) is 2.63. The fourth-order valence-corrected chi connectivity index (χ4v) is 3.57. The molecule has 0 aromatic carbocycles. The fraction of sp³-hybridized carbons (Fsp3) is 1.00. The average molecular weight is 224 g/mol. The van der Waals surface area contributed by atoms with E-state index in [0.29, 0.717) is 0 Å². The third-order valence-corrected chi connectivity index (χ3v) is 5.01. The first-order valence-electron chi connectivity index (χ1n) is 7.20. The highest BCUT2D eigenvalue weighted by Crippen LogP contribution is 2.46. The maximum Gasteiger partial charge on any atom is 0.00216 e. The number of piperidine rings is 1. The summed E-state index contributed by atoms with van der Waals surface area (Å²) in [5.41, 5.74) is 6.55. The van der Waals surface area contributed by atoms with Gasteiger partial charge >= 0.3 is 0 Å². The monoisotopic (exact) mass is 224 g/mol. The van der Waals surface area contributed by atoms with Gasteiger partial charge in [0.25, 0.3) is 0 Å². The average Bonchev–Trinajstić information content (AvgIpc) is 2.77. The second-order valence-electron chi connectivity index (χ2n) is 6.02. The van der Waals surface area contributed by atoms with Crippen LogP contribution in [0.3, 0.4) is 0 Å². The molecular weight excluding hydrogens is 196 g/mol. The van der Waals surface area contributed by atoms with Crippen LogP contribution in [0.2, 0.25) is 0 Å². The summed E-state index contributed by atoms with van der Waals surface area (Å²) in [6, 6.07) is 0. The quantitative estimate of drug-likeness (QED) is 0.795. The molecule has 1 aliphatic heterocycles. The van der Waals surface area contributed by atoms with Crippen LogP contribution in [0.15, 0.2) is 0 Å². The Hall–Kier alpha value is -0.0800. The van der Waals surface area contributed by atoms with E-state index in [1.165, 1.54) is 64.6 Å². The van der Waals surface area contributed by atoms with Gasteiger partial charge in [0.15, 0.2) is 0 Å². The highest BCUT2D eigenvalue weighted by atomic mass is 15.1. The van der Waals surface area contributed by atoms with Crippen LogP contribution in [0.5, 0.6) is 0 Å². The van der Waals surface area contributed by atoms with Crippen LogP contribution in [0.1, 0.15) is 51.9 Å². The molecule has 0 amide bonds. The molecule has 2 rings (SSSR count). The maximum absolute atomic E-state index is 5.79. The molecule has 0 aromatic rings. The topological polar surface area (TPSA) is 29.3 Å². The standard InChI is InChI=1S/C14H28N2/c1-2-13(11-15)12-16-9-7-14(8-10-16)5-3-4-6-14/h13H,2-12,15H2,1H3. The van der Waals surface area contributed by atoms with Gasteiger partial charge in [-0.1, -0.05) is 26.2 Å². The molecular formula is C14H28N2. The molecule has 1 unspecified atom stereocenters. The minimum Gasteiger partial charge on any atom is -0.330 e. The number of hydrogen-bond acceptors (Lipinski definition) is 2. The second kappa shape index (κ2) is 5.50. The molecule has 1 spiro atoms. The molecule has 1 aliphatic carbocycles. The minimum atomic E-state index is 0.720. The Morgan fingerprint density at radius 1 is 1.12 bits per heavy atom. The van der Waals surface area contributed by atoms with E-state index in [-0.39, 0.29) is 0 Å². The van der Waals surface area contributed by atoms with Crippen molar-refractivity contribution in [1.29, 1.82) is 0 Å². The Morgan fingerprint density at radius 3 is 2.25 bits per heavy atom. The van der Waals surface area contributed by atoms with Crippen molar-refractivity contribution in [2.45, 2.75) is 51.9 Å². The van der Waals surface area contributed by atoms with Crippen molar-refractivity contribution in [3.8, 4) is 0 Å². The second-order valence-corrected chi connectivity index (χ2v) is 6.02. The van der Waals surface area contributed by atoms with Crippen molar-refractivity contribution in [2.75, 3.05) is 26.2 Å². The van der Waals surface area contributed by atoms with Gasteiger partial charge in [-0.25, -0.2) is 0 Å². The number of nitrogens with two attached hydrogens (primary N) is 1. The lowest BCUT2D eigenvalue weighted by molar-refractivity contribution is 0.0961. The lowest BCUT2D eigenvalue weighted by Crippen LogP contribution is -2.42. The summed E-state index contributed by atoms with van der Waals surface area (Å²) in [6.45, 7) is 7.02. The maximum atomic E-state index is 5.79. The van der Waals surface area contributed by atoms with Gasteiger partial charge in [-0.05, 0) is 56.7 Å². The summed E-state index contributed by atoms with van der Waals surface area (Å²) in [6.07, 6.45) is 10.1. The summed E-state index contributed by atoms with van der Waals surface area (Å²) in [5.74, 6) is 0.720. The van der Waals surface area contributed by atoms with Gasteiger partial charge in [-0.2, -0.15) is 0 Å². The van der Waals surface area contributed by atoms with Crippen molar-refractivity contribution in [1.82, 2.24) is 4.90 Å². The summed E-state index contributed by atoms with van der Waals surface area (Å²) in [4.78, 5) is 2.66. The summed E-state index contributed by atoms with van der Waals surface area (Å²) >= 11 is 0. The SMILES string of the molecule is CCC(CN)CN1CCC2(CCCC2)CC1. The van der Waals surface area contributed by atoms with Crippen LogP contribution in [0, 0.1) is 11.3 Å². The van der Waals surface area contributed by atoms with E-state index < -0.39 is 0 Å². The largest absolute Gasteiger partial charge is 0.330 e. The van der Waals surface area contributed by atoms with E-state index >= 15 is 0 Å². The minimum absolute atomic E-state index is 0.720. The number of nitrogens with zero attached hydrogens (tertiary/aromatic N) is 1. The molecule has 2 nitrogen and oxygen atoms in total. The first kappa shape index (κ1) is 12.4. The third kappa shape index (κ3) is 2.78. The zero-order valence-electron chi connectivity index (χ0n) is 10.9. The highest BCUT2D eigenvalue weighted by Gasteiger charge is 2.36. The van der Waals surface area contributed by atoms with Gasteiger partial charge in [0.05, 0.1) is 0 Å². The molecule has 2 heteroatoms. The molecule has 0 radical (unpaired) electrons. The summed E-state index contributed by atoms with van der Waals surface area (Å²) in [5, 5.41) is 0. The zero-order chi connectivity index (χ0) is 11.4. The van der Waals surface area contributed by atoms with Gasteiger partial charge in [0.2, 0.25) is 0 Å². The zero-order valence-corrected chi connectivity index (χ0v) is 10.9. The van der Waals surface area contributed by atoms with Crippen LogP contribution >= 0.6 is 0 Å². The molecule has 94 valence electrons. The first-order chi connectivity index (χ1) is 7.78. The van der Waals surface area contributed by atoms with Crippen LogP contribution in [-0.2, 0) is 0 Å². The van der Waals surface area contributed by atoms with Gasteiger partial charge in [-0.15, -0.1) is 0 Å². The third-order valence-electron chi connectivity index (χ3n) is 5.01. The molecule has 1 saturated heterocycles. The number of hydrogen-bond donors (Lipinski definition) is 1. The molecule has 0 bridgehead atoms. The Labute approximate surface area is 101 Å². The summed E-state index contributed by atoms with van der Waals surface area (Å²) < 4.78 is 0. The van der Waals surface area contributed by atoms with Crippen molar-refractivity contribution in [2.24, 2.45) is 17.1 Å². The van der Waals surface area contributed by atoms with Crippen molar-refractivity contribution < 1.29 is 0 Å². The van der Waals surface area contributed by atoms with E-state index in [9.17, 15) is 0 Å². The van der Waals surface area contributed by atoms with Crippen molar-refractivity contribution >= 4 is 0 Å². The Balaban J connectivity index is 1.76. The normalized spacial score (nSPS) is 27.4. The van der Waals surface area contributed by atoms with E-state index in [1.54, 1.807) is 0 Å². The lowest BCUT2D eigenvalue weighted by Gasteiger charge is -2.40. The van der Waals surface area contributed by atoms with Gasteiger partial charge in [0, 0.05) is 6.54 Å². The highest BCUT2D eigenvalue weighted by molar-refractivity contribution is 4.89. The Morgan fingerprint density at radius 2 is 1.75 bits per heavy atom. The molecule has 2 fully saturated rings. The Bertz CT molecular complexity index is 195. The van der Waals surface area contributed by atoms with Crippen LogP contribution in [0.25, 0.3) is 0 Å². The molecule has 1 heterocycles. The van der Waals surface area contributed by atoms with E-state index in [1.807, 2.05) is 0 Å². The first-order valence-corrected chi connectivity index (χ1v) is 7.20. The van der Waals surface area contributed by atoms with Gasteiger partial charge in [-0.3, -0.25) is 0 Å². The van der Waals surface area contributed by atoms with E-state index in [0.717, 1.165) is 17.9 Å². The molecule has 2 N–H and O–H groups in total. The molecule has 16 heavy (non-hydrogen) atoms. The Kier molecular flexibility index (Phi) is 4.26. The van der Waals surface area contributed by atoms with Crippen LogP contribution in [0.4, 0.5) is 0 Å². The predicted molar refractivity (Wildman–Crippen MR) is 69.4 cm³/mol. The van der Waals surface area contributed by atoms with Gasteiger partial charge in [0.1, 0.15) is 0 Å². The molecule has 2 aliphatic rings. The van der Waals surface area contributed by atoms with Crippen LogP contribution in [-0.4, -0.2) is 31.1 Å². The summed E-state index contributed by atoms with van der Waals surface area (Å²) in [7, 11) is 0. The molecule has 1 saturated carbocycles. The van der Waals surface area contributed by atoms with E-state index in [2.05, 4.69) is 11.8 Å². The van der Waals surface area contributed by atoms with Crippen molar-refractivity contribution in [3.05, 3.63) is 0 Å². The van der Waals surface area contributed by atoms with Crippen molar-refractivity contribution in [3.63, 3.8) is 0 Å². The molecule has 0 aromatic heterocycles. The lowest BCUT2D eigenvalue weighted by atomic mass is 9.77. The smallest absolute Gasteiger partial charge is 0.00216 e.